The lowest BCUT2D eigenvalue weighted by Gasteiger charge is -2.48. The average Bonchev–Trinajstić information content (AvgIpc) is 0.855. The summed E-state index contributed by atoms with van der Waals surface area (Å²) in [5, 5.41) is 80.0. The highest BCUT2D eigenvalue weighted by Gasteiger charge is 2.54. The van der Waals surface area contributed by atoms with E-state index in [1.54, 1.807) is 0 Å². The van der Waals surface area contributed by atoms with Gasteiger partial charge in [0.2, 0.25) is 37.7 Å². The zero-order chi connectivity index (χ0) is 67.9. The van der Waals surface area contributed by atoms with Crippen LogP contribution in [-0.4, -0.2) is 275 Å². The molecule has 0 saturated carbocycles. The summed E-state index contributed by atoms with van der Waals surface area (Å²) >= 11 is 0. The quantitative estimate of drug-likeness (QED) is 0.0174. The van der Waals surface area contributed by atoms with Crippen LogP contribution in [0.1, 0.15) is 111 Å². The molecular weight excluding hydrogens is 1210 g/mol. The Kier molecular flexibility index (Phi) is 34.9. The summed E-state index contributed by atoms with van der Waals surface area (Å²) in [5.41, 5.74) is 0. The second-order valence-corrected chi connectivity index (χ2v) is 20.7. The third-order valence-electron chi connectivity index (χ3n) is 12.1. The van der Waals surface area contributed by atoms with Crippen LogP contribution in [0.4, 0.5) is 0 Å². The molecule has 26 unspecified atom stereocenters. The molecule has 2 rings (SSSR count). The molecule has 0 amide bonds. The Morgan fingerprint density at radius 1 is 0.258 bits per heavy atom. The Bertz CT molecular complexity index is 2040. The predicted octanol–water partition coefficient (Wildman–Crippen LogP) is -2.96. The first kappa shape index (κ1) is 80.1. The molecule has 8 N–H and O–H groups in total. The molecule has 0 aromatic carbocycles. The van der Waals surface area contributed by atoms with Gasteiger partial charge in [-0.1, -0.05) is 0 Å². The van der Waals surface area contributed by atoms with Crippen LogP contribution in [0.3, 0.4) is 0 Å². The molecule has 35 heteroatoms. The van der Waals surface area contributed by atoms with E-state index in [0.717, 1.165) is 55.4 Å². The molecule has 0 aliphatic carbocycles. The van der Waals surface area contributed by atoms with E-state index in [4.69, 9.17) is 90.0 Å². The molecule has 0 aromatic rings. The van der Waals surface area contributed by atoms with Crippen LogP contribution in [0.2, 0.25) is 0 Å². The SMILES string of the molecule is CC(OCC1OC(COCC2OC(COC(C)OC(=O)C(C)O)C(OC(C)OC(=O)C(C)O)C(OC(C)OC(=O)C(C)O)C2OC(C)OC(=O)C(C)O)C(OC(C)OC(=O)C(C)O)C(OC(C)OC(=O)C(C)O)C1OC(C)OC(=O)C(C)O)OC(=O)C(C)O. The van der Waals surface area contributed by atoms with E-state index < -0.39 is 234 Å². The number of rotatable bonds is 38. The fourth-order valence-electron chi connectivity index (χ4n) is 7.91. The van der Waals surface area contributed by atoms with Crippen molar-refractivity contribution in [1.82, 2.24) is 0 Å². The first-order valence-electron chi connectivity index (χ1n) is 28.5. The molecule has 35 nitrogen and oxygen atoms in total. The van der Waals surface area contributed by atoms with E-state index >= 15 is 0 Å². The molecular formula is C54H90O35. The van der Waals surface area contributed by atoms with Gasteiger partial charge in [-0.3, -0.25) is 0 Å². The summed E-state index contributed by atoms with van der Waals surface area (Å²) in [4.78, 5) is 101. The van der Waals surface area contributed by atoms with Gasteiger partial charge in [-0.15, -0.1) is 0 Å². The molecule has 2 heterocycles. The number of hydrogen-bond acceptors (Lipinski definition) is 35. The summed E-state index contributed by atoms with van der Waals surface area (Å²) in [5.74, 6) is -9.31. The zero-order valence-corrected chi connectivity index (χ0v) is 52.4. The van der Waals surface area contributed by atoms with E-state index in [0.29, 0.717) is 0 Å². The third kappa shape index (κ3) is 28.2. The average molecular weight is 1300 g/mol. The fraction of sp³-hybridized carbons (Fsp3) is 0.852. The summed E-state index contributed by atoms with van der Waals surface area (Å²) in [6.07, 6.45) is -42.5. The van der Waals surface area contributed by atoms with Gasteiger partial charge < -0.3 is 131 Å². The number of aliphatic hydroxyl groups is 8. The van der Waals surface area contributed by atoms with Crippen molar-refractivity contribution >= 4 is 47.8 Å². The number of esters is 8. The summed E-state index contributed by atoms with van der Waals surface area (Å²) in [6.45, 7) is 15.9. The van der Waals surface area contributed by atoms with Crippen molar-refractivity contribution < 1.29 is 169 Å². The molecule has 0 radical (unpaired) electrons. The standard InChI is InChI=1S/C54H90O35/c1-21(55)47(63)80-29(9)72-19-39-43(76-33(13)84-51(67)25(5)59)45(78-35(15)86-53(69)27(7)61)41(74-31(11)82-49(65)23(3)57)37(88-39)17-71-18-38-42(75-32(12)83-50(66)24(4)58)46(79-36(16)87-54(70)28(8)62)44(77-34(14)85-52(68)26(6)60)40(89-38)20-73-30(10)81-48(64)22(2)56/h21-46,55-62H,17-20H2,1-16H3. The highest BCUT2D eigenvalue weighted by Crippen LogP contribution is 2.35. The molecule has 2 saturated heterocycles. The number of ether oxygens (including phenoxy) is 19. The lowest BCUT2D eigenvalue weighted by molar-refractivity contribution is -0.338. The van der Waals surface area contributed by atoms with Crippen molar-refractivity contribution in [2.45, 2.75) is 271 Å². The zero-order valence-electron chi connectivity index (χ0n) is 52.4. The van der Waals surface area contributed by atoms with Crippen molar-refractivity contribution in [1.29, 1.82) is 0 Å². The minimum absolute atomic E-state index is 0.659. The van der Waals surface area contributed by atoms with Gasteiger partial charge in [-0.2, -0.15) is 0 Å². The van der Waals surface area contributed by atoms with Crippen molar-refractivity contribution in [2.24, 2.45) is 0 Å². The molecule has 26 atom stereocenters. The summed E-state index contributed by atoms with van der Waals surface area (Å²) < 4.78 is 111. The molecule has 2 aliphatic heterocycles. The number of aliphatic hydroxyl groups excluding tert-OH is 8. The minimum Gasteiger partial charge on any atom is -0.434 e. The molecule has 2 aliphatic rings. The second-order valence-electron chi connectivity index (χ2n) is 20.7. The van der Waals surface area contributed by atoms with Crippen LogP contribution in [-0.2, 0) is 128 Å². The van der Waals surface area contributed by atoms with Crippen LogP contribution < -0.4 is 0 Å². The largest absolute Gasteiger partial charge is 0.434 e. The van der Waals surface area contributed by atoms with Crippen molar-refractivity contribution in [2.75, 3.05) is 26.4 Å². The number of carbonyl (C=O) groups excluding carboxylic acids is 8. The van der Waals surface area contributed by atoms with Crippen LogP contribution in [0.15, 0.2) is 0 Å². The van der Waals surface area contributed by atoms with E-state index in [1.807, 2.05) is 0 Å². The highest BCUT2D eigenvalue weighted by molar-refractivity contribution is 5.76. The molecule has 0 spiro atoms. The van der Waals surface area contributed by atoms with Gasteiger partial charge in [0.05, 0.1) is 26.4 Å². The van der Waals surface area contributed by atoms with Crippen molar-refractivity contribution in [3.05, 3.63) is 0 Å². The Labute approximate surface area is 513 Å². The number of carbonyl (C=O) groups is 8. The van der Waals surface area contributed by atoms with Crippen LogP contribution >= 0.6 is 0 Å². The van der Waals surface area contributed by atoms with Crippen LogP contribution in [0, 0.1) is 0 Å². The normalized spacial score (nSPS) is 27.5. The highest BCUT2D eigenvalue weighted by atomic mass is 16.8. The Balaban J connectivity index is 3.05. The monoisotopic (exact) mass is 1300 g/mol. The van der Waals surface area contributed by atoms with E-state index in [1.165, 1.54) is 55.4 Å². The van der Waals surface area contributed by atoms with Gasteiger partial charge in [-0.05, 0) is 111 Å². The maximum atomic E-state index is 12.8. The van der Waals surface area contributed by atoms with E-state index in [2.05, 4.69) is 0 Å². The topological polar surface area (TPSA) is 474 Å². The summed E-state index contributed by atoms with van der Waals surface area (Å²) in [7, 11) is 0. The van der Waals surface area contributed by atoms with Gasteiger partial charge in [0, 0.05) is 0 Å². The molecule has 89 heavy (non-hydrogen) atoms. The van der Waals surface area contributed by atoms with Crippen LogP contribution in [0.5, 0.6) is 0 Å². The Morgan fingerprint density at radius 2 is 0.416 bits per heavy atom. The lowest BCUT2D eigenvalue weighted by Crippen LogP contribution is -2.65. The van der Waals surface area contributed by atoms with Crippen molar-refractivity contribution in [3.63, 3.8) is 0 Å². The second kappa shape index (κ2) is 38.8. The summed E-state index contributed by atoms with van der Waals surface area (Å²) in [6, 6.07) is 0. The van der Waals surface area contributed by atoms with E-state index in [9.17, 15) is 79.2 Å². The van der Waals surface area contributed by atoms with Gasteiger partial charge in [0.1, 0.15) is 110 Å². The maximum absolute atomic E-state index is 12.8. The van der Waals surface area contributed by atoms with Crippen LogP contribution in [0.25, 0.3) is 0 Å². The smallest absolute Gasteiger partial charge is 0.336 e. The molecule has 516 valence electrons. The maximum Gasteiger partial charge on any atom is 0.336 e. The minimum atomic E-state index is -1.72. The lowest BCUT2D eigenvalue weighted by atomic mass is 9.93. The number of hydrogen-bond donors (Lipinski definition) is 8. The Morgan fingerprint density at radius 3 is 0.596 bits per heavy atom. The molecule has 2 fully saturated rings. The first-order valence-corrected chi connectivity index (χ1v) is 28.5. The van der Waals surface area contributed by atoms with Gasteiger partial charge in [0.25, 0.3) is 0 Å². The van der Waals surface area contributed by atoms with Crippen molar-refractivity contribution in [3.8, 4) is 0 Å². The molecule has 0 bridgehead atoms. The van der Waals surface area contributed by atoms with Gasteiger partial charge in [0.15, 0.2) is 12.6 Å². The van der Waals surface area contributed by atoms with Gasteiger partial charge in [-0.25, -0.2) is 38.4 Å². The first-order chi connectivity index (χ1) is 41.3. The predicted molar refractivity (Wildman–Crippen MR) is 287 cm³/mol. The Hall–Kier alpha value is -5.00. The van der Waals surface area contributed by atoms with E-state index in [-0.39, 0.29) is 0 Å². The van der Waals surface area contributed by atoms with Gasteiger partial charge >= 0.3 is 47.8 Å². The molecule has 0 aromatic heterocycles. The third-order valence-corrected chi connectivity index (χ3v) is 12.1. The fourth-order valence-corrected chi connectivity index (χ4v) is 7.91.